The van der Waals surface area contributed by atoms with Crippen LogP contribution >= 0.6 is 0 Å². The fourth-order valence-electron chi connectivity index (χ4n) is 2.52. The molecule has 24 heavy (non-hydrogen) atoms. The van der Waals surface area contributed by atoms with Crippen LogP contribution in [0.3, 0.4) is 0 Å². The van der Waals surface area contributed by atoms with E-state index in [4.69, 9.17) is 14.6 Å². The Labute approximate surface area is 139 Å². The van der Waals surface area contributed by atoms with E-state index in [0.29, 0.717) is 18.7 Å². The van der Waals surface area contributed by atoms with Crippen molar-refractivity contribution >= 4 is 11.9 Å². The largest absolute Gasteiger partial charge is 0.482 e. The van der Waals surface area contributed by atoms with Gasteiger partial charge in [-0.3, -0.25) is 4.79 Å². The maximum Gasteiger partial charge on any atom is 0.341 e. The first-order valence-corrected chi connectivity index (χ1v) is 7.57. The number of carbonyl (C=O) groups excluding carboxylic acids is 1. The minimum absolute atomic E-state index is 0.178. The molecule has 0 spiro atoms. The van der Waals surface area contributed by atoms with Crippen molar-refractivity contribution in [1.29, 1.82) is 0 Å². The molecule has 2 aromatic rings. The molecular formula is C18H17NO5. The van der Waals surface area contributed by atoms with Gasteiger partial charge in [0.05, 0.1) is 0 Å². The number of para-hydroxylation sites is 1. The van der Waals surface area contributed by atoms with Crippen molar-refractivity contribution in [3.05, 3.63) is 59.7 Å². The Bertz CT molecular complexity index is 734. The van der Waals surface area contributed by atoms with Crippen molar-refractivity contribution < 1.29 is 24.2 Å². The van der Waals surface area contributed by atoms with Gasteiger partial charge >= 0.3 is 5.97 Å². The average Bonchev–Trinajstić information content (AvgIpc) is 3.02. The van der Waals surface area contributed by atoms with Crippen LogP contribution in [0, 0.1) is 0 Å². The average molecular weight is 327 g/mol. The second kappa shape index (κ2) is 7.04. The topological polar surface area (TPSA) is 84.9 Å². The van der Waals surface area contributed by atoms with E-state index in [0.717, 1.165) is 16.9 Å². The third-order valence-electron chi connectivity index (χ3n) is 3.67. The van der Waals surface area contributed by atoms with Crippen LogP contribution in [0.4, 0.5) is 0 Å². The SMILES string of the molecule is O=C(O)COc1cccc(CNC(=O)[C@H]2Cc3ccccc3O2)c1. The van der Waals surface area contributed by atoms with Crippen molar-refractivity contribution in [2.45, 2.75) is 19.1 Å². The second-order valence-electron chi connectivity index (χ2n) is 5.47. The lowest BCUT2D eigenvalue weighted by atomic mass is 10.1. The van der Waals surface area contributed by atoms with Gasteiger partial charge in [0.2, 0.25) is 0 Å². The van der Waals surface area contributed by atoms with Crippen LogP contribution < -0.4 is 14.8 Å². The molecule has 6 heteroatoms. The third-order valence-corrected chi connectivity index (χ3v) is 3.67. The summed E-state index contributed by atoms with van der Waals surface area (Å²) in [5.41, 5.74) is 1.85. The van der Waals surface area contributed by atoms with Gasteiger partial charge in [-0.1, -0.05) is 30.3 Å². The zero-order valence-electron chi connectivity index (χ0n) is 12.9. The monoisotopic (exact) mass is 327 g/mol. The quantitative estimate of drug-likeness (QED) is 0.845. The molecule has 0 unspecified atom stereocenters. The first-order valence-electron chi connectivity index (χ1n) is 7.57. The summed E-state index contributed by atoms with van der Waals surface area (Å²) >= 11 is 0. The number of carboxylic acids is 1. The fourth-order valence-corrected chi connectivity index (χ4v) is 2.52. The molecule has 0 radical (unpaired) electrons. The van der Waals surface area contributed by atoms with Gasteiger partial charge in [0.15, 0.2) is 12.7 Å². The number of rotatable bonds is 6. The molecule has 0 bridgehead atoms. The summed E-state index contributed by atoms with van der Waals surface area (Å²) < 4.78 is 10.8. The van der Waals surface area contributed by atoms with E-state index in [2.05, 4.69) is 5.32 Å². The summed E-state index contributed by atoms with van der Waals surface area (Å²) in [5.74, 6) is -0.00917. The number of carbonyl (C=O) groups is 2. The van der Waals surface area contributed by atoms with Gasteiger partial charge in [-0.05, 0) is 29.3 Å². The molecule has 6 nitrogen and oxygen atoms in total. The Morgan fingerprint density at radius 1 is 1.21 bits per heavy atom. The Balaban J connectivity index is 1.54. The number of ether oxygens (including phenoxy) is 2. The highest BCUT2D eigenvalue weighted by Crippen LogP contribution is 2.28. The lowest BCUT2D eigenvalue weighted by molar-refractivity contribution is -0.139. The summed E-state index contributed by atoms with van der Waals surface area (Å²) in [5, 5.41) is 11.5. The summed E-state index contributed by atoms with van der Waals surface area (Å²) in [7, 11) is 0. The normalized spacial score (nSPS) is 15.2. The van der Waals surface area contributed by atoms with Gasteiger partial charge < -0.3 is 19.9 Å². The van der Waals surface area contributed by atoms with E-state index in [-0.39, 0.29) is 5.91 Å². The van der Waals surface area contributed by atoms with Crippen LogP contribution in [-0.4, -0.2) is 29.7 Å². The molecule has 2 N–H and O–H groups in total. The molecule has 0 aliphatic carbocycles. The molecule has 1 atom stereocenters. The first kappa shape index (κ1) is 15.9. The van der Waals surface area contributed by atoms with Crippen LogP contribution in [-0.2, 0) is 22.6 Å². The number of nitrogens with one attached hydrogen (secondary N) is 1. The van der Waals surface area contributed by atoms with Crippen LogP contribution in [0.15, 0.2) is 48.5 Å². The molecular weight excluding hydrogens is 310 g/mol. The van der Waals surface area contributed by atoms with Crippen molar-refractivity contribution in [2.24, 2.45) is 0 Å². The van der Waals surface area contributed by atoms with E-state index < -0.39 is 18.7 Å². The molecule has 1 aliphatic rings. The zero-order valence-corrected chi connectivity index (χ0v) is 12.9. The predicted molar refractivity (Wildman–Crippen MR) is 86.0 cm³/mol. The predicted octanol–water partition coefficient (Wildman–Crippen LogP) is 1.77. The highest BCUT2D eigenvalue weighted by molar-refractivity contribution is 5.82. The van der Waals surface area contributed by atoms with Crippen LogP contribution in [0.2, 0.25) is 0 Å². The maximum absolute atomic E-state index is 12.2. The van der Waals surface area contributed by atoms with E-state index in [1.165, 1.54) is 0 Å². The van der Waals surface area contributed by atoms with Crippen LogP contribution in [0.25, 0.3) is 0 Å². The summed E-state index contributed by atoms with van der Waals surface area (Å²) in [6.45, 7) is -0.0801. The van der Waals surface area contributed by atoms with E-state index in [9.17, 15) is 9.59 Å². The summed E-state index contributed by atoms with van der Waals surface area (Å²) in [6, 6.07) is 14.6. The van der Waals surface area contributed by atoms with Crippen molar-refractivity contribution in [1.82, 2.24) is 5.32 Å². The van der Waals surface area contributed by atoms with Crippen LogP contribution in [0.5, 0.6) is 11.5 Å². The van der Waals surface area contributed by atoms with Gasteiger partial charge in [-0.25, -0.2) is 4.79 Å². The smallest absolute Gasteiger partial charge is 0.341 e. The number of benzene rings is 2. The Hall–Kier alpha value is -3.02. The van der Waals surface area contributed by atoms with Gasteiger partial charge in [0.1, 0.15) is 11.5 Å². The Kier molecular flexibility index (Phi) is 4.65. The minimum atomic E-state index is -1.04. The molecule has 0 saturated carbocycles. The molecule has 1 heterocycles. The van der Waals surface area contributed by atoms with E-state index in [1.54, 1.807) is 18.2 Å². The molecule has 1 amide bonds. The third kappa shape index (κ3) is 3.84. The Morgan fingerprint density at radius 3 is 2.83 bits per heavy atom. The number of fused-ring (bicyclic) bond motifs is 1. The molecule has 0 aromatic heterocycles. The number of carboxylic acid groups (broad SMARTS) is 1. The maximum atomic E-state index is 12.2. The number of aliphatic carboxylic acids is 1. The van der Waals surface area contributed by atoms with Crippen molar-refractivity contribution in [3.63, 3.8) is 0 Å². The lowest BCUT2D eigenvalue weighted by Gasteiger charge is -2.12. The van der Waals surface area contributed by atoms with Crippen molar-refractivity contribution in [3.8, 4) is 11.5 Å². The van der Waals surface area contributed by atoms with Gasteiger partial charge in [0.25, 0.3) is 5.91 Å². The number of amides is 1. The molecule has 0 fully saturated rings. The highest BCUT2D eigenvalue weighted by atomic mass is 16.5. The van der Waals surface area contributed by atoms with Gasteiger partial charge in [-0.2, -0.15) is 0 Å². The molecule has 2 aromatic carbocycles. The lowest BCUT2D eigenvalue weighted by Crippen LogP contribution is -2.37. The highest BCUT2D eigenvalue weighted by Gasteiger charge is 2.28. The minimum Gasteiger partial charge on any atom is -0.482 e. The van der Waals surface area contributed by atoms with E-state index in [1.807, 2.05) is 30.3 Å². The molecule has 0 saturated heterocycles. The van der Waals surface area contributed by atoms with Crippen LogP contribution in [0.1, 0.15) is 11.1 Å². The Morgan fingerprint density at radius 2 is 2.04 bits per heavy atom. The summed E-state index contributed by atoms with van der Waals surface area (Å²) in [4.78, 5) is 22.8. The molecule has 1 aliphatic heterocycles. The van der Waals surface area contributed by atoms with Gasteiger partial charge in [0, 0.05) is 13.0 Å². The first-order chi connectivity index (χ1) is 11.6. The standard InChI is InChI=1S/C18H17NO5/c20-17(21)11-23-14-6-3-4-12(8-14)10-19-18(22)16-9-13-5-1-2-7-15(13)24-16/h1-8,16H,9-11H2,(H,19,22)(H,20,21)/t16-/m1/s1. The van der Waals surface area contributed by atoms with Gasteiger partial charge in [-0.15, -0.1) is 0 Å². The molecule has 124 valence electrons. The fraction of sp³-hybridized carbons (Fsp3) is 0.222. The number of hydrogen-bond acceptors (Lipinski definition) is 4. The van der Waals surface area contributed by atoms with E-state index >= 15 is 0 Å². The molecule has 3 rings (SSSR count). The number of hydrogen-bond donors (Lipinski definition) is 2. The zero-order chi connectivity index (χ0) is 16.9. The second-order valence-corrected chi connectivity index (χ2v) is 5.47. The summed E-state index contributed by atoms with van der Waals surface area (Å²) in [6.07, 6.45) is 0.0397. The van der Waals surface area contributed by atoms with Crippen molar-refractivity contribution in [2.75, 3.05) is 6.61 Å².